The Hall–Kier alpha value is -4.73. The first-order chi connectivity index (χ1) is 16.4. The van der Waals surface area contributed by atoms with Gasteiger partial charge >= 0.3 is 0 Å². The van der Waals surface area contributed by atoms with Gasteiger partial charge in [-0.1, -0.05) is 6.07 Å². The molecular formula is C24H22N4O6. The first kappa shape index (κ1) is 23.9. The van der Waals surface area contributed by atoms with E-state index in [0.717, 1.165) is 5.56 Å². The monoisotopic (exact) mass is 462 g/mol. The molecule has 34 heavy (non-hydrogen) atoms. The molecule has 3 rings (SSSR count). The van der Waals surface area contributed by atoms with Crippen molar-refractivity contribution in [2.75, 3.05) is 12.4 Å². The van der Waals surface area contributed by atoms with E-state index in [-0.39, 0.29) is 18.2 Å². The highest BCUT2D eigenvalue weighted by atomic mass is 16.6. The Kier molecular flexibility index (Phi) is 7.90. The third-order valence-corrected chi connectivity index (χ3v) is 4.55. The number of benzene rings is 3. The molecule has 0 saturated carbocycles. The third-order valence-electron chi connectivity index (χ3n) is 4.55. The van der Waals surface area contributed by atoms with Crippen LogP contribution in [0.15, 0.2) is 71.8 Å². The molecule has 174 valence electrons. The zero-order valence-electron chi connectivity index (χ0n) is 18.5. The van der Waals surface area contributed by atoms with Gasteiger partial charge in [0, 0.05) is 30.3 Å². The molecule has 0 aromatic heterocycles. The fourth-order valence-electron chi connectivity index (χ4n) is 2.93. The zero-order chi connectivity index (χ0) is 24.5. The van der Waals surface area contributed by atoms with Crippen LogP contribution in [0.2, 0.25) is 0 Å². The summed E-state index contributed by atoms with van der Waals surface area (Å²) in [7, 11) is 1.50. The molecule has 0 unspecified atom stereocenters. The normalized spacial score (nSPS) is 10.5. The average molecular weight is 462 g/mol. The molecule has 0 fully saturated rings. The molecule has 0 aliphatic rings. The zero-order valence-corrected chi connectivity index (χ0v) is 18.5. The van der Waals surface area contributed by atoms with Crippen molar-refractivity contribution in [1.82, 2.24) is 5.43 Å². The van der Waals surface area contributed by atoms with Crippen molar-refractivity contribution in [3.63, 3.8) is 0 Å². The molecular weight excluding hydrogens is 440 g/mol. The van der Waals surface area contributed by atoms with Crippen LogP contribution < -0.4 is 20.2 Å². The van der Waals surface area contributed by atoms with Crippen LogP contribution >= 0.6 is 0 Å². The van der Waals surface area contributed by atoms with Gasteiger partial charge in [-0.15, -0.1) is 0 Å². The first-order valence-electron chi connectivity index (χ1n) is 10.1. The molecule has 3 aromatic rings. The van der Waals surface area contributed by atoms with Crippen molar-refractivity contribution in [2.45, 2.75) is 13.5 Å². The molecule has 3 aromatic carbocycles. The van der Waals surface area contributed by atoms with Gasteiger partial charge in [0.2, 0.25) is 5.91 Å². The molecule has 2 amide bonds. The van der Waals surface area contributed by atoms with E-state index < -0.39 is 10.8 Å². The molecule has 10 heteroatoms. The van der Waals surface area contributed by atoms with Crippen LogP contribution in [0.4, 0.5) is 11.4 Å². The lowest BCUT2D eigenvalue weighted by Gasteiger charge is -2.11. The van der Waals surface area contributed by atoms with Crippen LogP contribution in [0.3, 0.4) is 0 Å². The maximum atomic E-state index is 12.3. The van der Waals surface area contributed by atoms with E-state index >= 15 is 0 Å². The van der Waals surface area contributed by atoms with Gasteiger partial charge in [-0.25, -0.2) is 5.43 Å². The summed E-state index contributed by atoms with van der Waals surface area (Å²) >= 11 is 0. The van der Waals surface area contributed by atoms with E-state index in [1.807, 2.05) is 0 Å². The molecule has 2 N–H and O–H groups in total. The van der Waals surface area contributed by atoms with Crippen LogP contribution in [0.1, 0.15) is 28.4 Å². The number of amides is 2. The smallest absolute Gasteiger partial charge is 0.271 e. The number of nitro groups is 1. The number of rotatable bonds is 9. The molecule has 0 heterocycles. The number of hydrogen-bond acceptors (Lipinski definition) is 7. The minimum Gasteiger partial charge on any atom is -0.493 e. The summed E-state index contributed by atoms with van der Waals surface area (Å²) in [6.07, 6.45) is 1.46. The van der Waals surface area contributed by atoms with Gasteiger partial charge in [-0.3, -0.25) is 19.7 Å². The lowest BCUT2D eigenvalue weighted by Crippen LogP contribution is -2.18. The molecule has 0 radical (unpaired) electrons. The van der Waals surface area contributed by atoms with Crippen LogP contribution in [0.5, 0.6) is 11.5 Å². The Morgan fingerprint density at radius 3 is 2.50 bits per heavy atom. The first-order valence-corrected chi connectivity index (χ1v) is 10.1. The number of anilines is 1. The number of carbonyl (C=O) groups is 2. The number of non-ortho nitro benzene ring substituents is 1. The minimum atomic E-state index is -0.459. The molecule has 10 nitrogen and oxygen atoms in total. The van der Waals surface area contributed by atoms with Gasteiger partial charge in [-0.05, 0) is 59.7 Å². The highest BCUT2D eigenvalue weighted by Crippen LogP contribution is 2.28. The summed E-state index contributed by atoms with van der Waals surface area (Å²) in [5.41, 5.74) is 4.73. The quantitative estimate of drug-likeness (QED) is 0.282. The molecule has 0 aliphatic carbocycles. The number of carbonyl (C=O) groups excluding carboxylic acids is 2. The minimum absolute atomic E-state index is 0.0116. The summed E-state index contributed by atoms with van der Waals surface area (Å²) in [5, 5.41) is 17.3. The largest absolute Gasteiger partial charge is 0.493 e. The summed E-state index contributed by atoms with van der Waals surface area (Å²) in [6.45, 7) is 1.59. The van der Waals surface area contributed by atoms with Crippen LogP contribution in [0.25, 0.3) is 0 Å². The Bertz CT molecular complexity index is 1220. The second kappa shape index (κ2) is 11.2. The van der Waals surface area contributed by atoms with Crippen molar-refractivity contribution in [1.29, 1.82) is 0 Å². The number of nitrogens with zero attached hydrogens (tertiary/aromatic N) is 2. The van der Waals surface area contributed by atoms with Gasteiger partial charge in [0.05, 0.1) is 18.2 Å². The van der Waals surface area contributed by atoms with Gasteiger partial charge in [-0.2, -0.15) is 5.10 Å². The maximum absolute atomic E-state index is 12.3. The number of hydrogen-bond donors (Lipinski definition) is 2. The molecule has 0 atom stereocenters. The van der Waals surface area contributed by atoms with E-state index in [4.69, 9.17) is 9.47 Å². The Morgan fingerprint density at radius 2 is 1.82 bits per heavy atom. The van der Waals surface area contributed by atoms with E-state index in [1.165, 1.54) is 32.4 Å². The fourth-order valence-corrected chi connectivity index (χ4v) is 2.93. The number of nitrogens with one attached hydrogen (secondary N) is 2. The van der Waals surface area contributed by atoms with Crippen molar-refractivity contribution in [3.05, 3.63) is 93.5 Å². The Morgan fingerprint density at radius 1 is 1.06 bits per heavy atom. The van der Waals surface area contributed by atoms with Crippen molar-refractivity contribution in [3.8, 4) is 11.5 Å². The number of hydrazone groups is 1. The van der Waals surface area contributed by atoms with Crippen LogP contribution in [-0.2, 0) is 11.4 Å². The fraction of sp³-hybridized carbons (Fsp3) is 0.125. The van der Waals surface area contributed by atoms with Crippen molar-refractivity contribution in [2.24, 2.45) is 5.10 Å². The Balaban J connectivity index is 1.61. The van der Waals surface area contributed by atoms with E-state index in [9.17, 15) is 19.7 Å². The SMILES string of the molecule is COc1cc(C=NNC(=O)c2cccc(NC(C)=O)c2)ccc1OCc1ccc([N+](=O)[O-])cc1. The lowest BCUT2D eigenvalue weighted by atomic mass is 10.2. The van der Waals surface area contributed by atoms with Gasteiger partial charge in [0.1, 0.15) is 6.61 Å². The second-order valence-electron chi connectivity index (χ2n) is 7.08. The predicted molar refractivity (Wildman–Crippen MR) is 126 cm³/mol. The van der Waals surface area contributed by atoms with E-state index in [1.54, 1.807) is 54.6 Å². The lowest BCUT2D eigenvalue weighted by molar-refractivity contribution is -0.384. The topological polar surface area (TPSA) is 132 Å². The van der Waals surface area contributed by atoms with Crippen molar-refractivity contribution < 1.29 is 24.0 Å². The van der Waals surface area contributed by atoms with E-state index in [2.05, 4.69) is 15.8 Å². The van der Waals surface area contributed by atoms with E-state index in [0.29, 0.717) is 28.3 Å². The summed E-state index contributed by atoms with van der Waals surface area (Å²) in [4.78, 5) is 33.8. The highest BCUT2D eigenvalue weighted by Gasteiger charge is 2.09. The summed E-state index contributed by atoms with van der Waals surface area (Å²) < 4.78 is 11.1. The number of methoxy groups -OCH3 is 1. The predicted octanol–water partition coefficient (Wildman–Crippen LogP) is 3.90. The molecule has 0 spiro atoms. The second-order valence-corrected chi connectivity index (χ2v) is 7.08. The maximum Gasteiger partial charge on any atom is 0.271 e. The highest BCUT2D eigenvalue weighted by molar-refractivity contribution is 5.97. The standard InChI is InChI=1S/C24H22N4O6/c1-16(29)26-20-5-3-4-19(13-20)24(30)27-25-14-18-8-11-22(23(12-18)33-2)34-15-17-6-9-21(10-7-17)28(31)32/h3-14H,15H2,1-2H3,(H,26,29)(H,27,30). The van der Waals surface area contributed by atoms with Crippen molar-refractivity contribution >= 4 is 29.4 Å². The van der Waals surface area contributed by atoms with Gasteiger partial charge < -0.3 is 14.8 Å². The number of ether oxygens (including phenoxy) is 2. The molecule has 0 saturated heterocycles. The third kappa shape index (κ3) is 6.63. The summed E-state index contributed by atoms with van der Waals surface area (Å²) in [6, 6.07) is 17.7. The average Bonchev–Trinajstić information content (AvgIpc) is 2.83. The Labute approximate surface area is 195 Å². The van der Waals surface area contributed by atoms with Crippen LogP contribution in [-0.4, -0.2) is 30.1 Å². The summed E-state index contributed by atoms with van der Waals surface area (Å²) in [5.74, 6) is 0.278. The van der Waals surface area contributed by atoms with Crippen LogP contribution in [0, 0.1) is 10.1 Å². The number of nitro benzene ring substituents is 1. The molecule has 0 aliphatic heterocycles. The molecule has 0 bridgehead atoms. The van der Waals surface area contributed by atoms with Gasteiger partial charge in [0.15, 0.2) is 11.5 Å². The van der Waals surface area contributed by atoms with Gasteiger partial charge in [0.25, 0.3) is 11.6 Å².